The van der Waals surface area contributed by atoms with Gasteiger partial charge in [0.15, 0.2) is 5.82 Å². The molecule has 4 nitrogen and oxygen atoms in total. The quantitative estimate of drug-likeness (QED) is 0.830. The topological polar surface area (TPSA) is 55.1 Å². The van der Waals surface area contributed by atoms with Gasteiger partial charge in [-0.25, -0.2) is 0 Å². The van der Waals surface area contributed by atoms with Crippen molar-refractivity contribution in [2.45, 2.75) is 41.0 Å². The third-order valence-corrected chi connectivity index (χ3v) is 5.19. The zero-order valence-electron chi connectivity index (χ0n) is 12.8. The van der Waals surface area contributed by atoms with E-state index in [1.807, 2.05) is 13.8 Å². The maximum atomic E-state index is 12.3. The minimum Gasteiger partial charge on any atom is -0.359 e. The van der Waals surface area contributed by atoms with Crippen LogP contribution in [0.15, 0.2) is 15.1 Å². The second-order valence-corrected chi connectivity index (χ2v) is 8.50. The summed E-state index contributed by atoms with van der Waals surface area (Å²) in [5, 5.41) is 6.71. The zero-order valence-corrected chi connectivity index (χ0v) is 15.2. The van der Waals surface area contributed by atoms with E-state index in [0.29, 0.717) is 11.4 Å². The molecule has 0 spiro atoms. The minimum atomic E-state index is -0.167. The molecule has 0 fully saturated rings. The summed E-state index contributed by atoms with van der Waals surface area (Å²) < 4.78 is 6.12. The first-order valence-corrected chi connectivity index (χ1v) is 8.31. The second kappa shape index (κ2) is 5.93. The fourth-order valence-electron chi connectivity index (χ4n) is 2.07. The molecule has 1 N–H and O–H groups in total. The number of amides is 1. The van der Waals surface area contributed by atoms with E-state index in [-0.39, 0.29) is 11.3 Å². The summed E-state index contributed by atoms with van der Waals surface area (Å²) in [7, 11) is 0. The van der Waals surface area contributed by atoms with Crippen molar-refractivity contribution in [1.29, 1.82) is 0 Å². The SMILES string of the molecule is Cc1sc(C)c(C(=O)Nc2cc(CC(C)(C)C)on2)c1Br. The van der Waals surface area contributed by atoms with E-state index >= 15 is 0 Å². The van der Waals surface area contributed by atoms with Crippen LogP contribution in [0.25, 0.3) is 0 Å². The van der Waals surface area contributed by atoms with Crippen LogP contribution in [0, 0.1) is 19.3 Å². The number of aryl methyl sites for hydroxylation is 2. The average molecular weight is 371 g/mol. The Hall–Kier alpha value is -1.14. The van der Waals surface area contributed by atoms with Crippen LogP contribution < -0.4 is 5.32 Å². The molecule has 1 amide bonds. The summed E-state index contributed by atoms with van der Waals surface area (Å²) in [5.41, 5.74) is 0.781. The molecule has 0 saturated carbocycles. The van der Waals surface area contributed by atoms with Crippen LogP contribution in [-0.2, 0) is 6.42 Å². The van der Waals surface area contributed by atoms with Gasteiger partial charge in [0.1, 0.15) is 5.76 Å². The van der Waals surface area contributed by atoms with Crippen molar-refractivity contribution in [3.05, 3.63) is 31.6 Å². The van der Waals surface area contributed by atoms with Gasteiger partial charge in [-0.05, 0) is 35.2 Å². The lowest BCUT2D eigenvalue weighted by Crippen LogP contribution is -2.13. The third-order valence-electron chi connectivity index (χ3n) is 2.92. The Balaban J connectivity index is 2.13. The zero-order chi connectivity index (χ0) is 15.8. The van der Waals surface area contributed by atoms with Crippen molar-refractivity contribution in [3.8, 4) is 0 Å². The highest BCUT2D eigenvalue weighted by Crippen LogP contribution is 2.32. The number of rotatable bonds is 3. The van der Waals surface area contributed by atoms with Crippen LogP contribution >= 0.6 is 27.3 Å². The van der Waals surface area contributed by atoms with E-state index in [4.69, 9.17) is 4.52 Å². The summed E-state index contributed by atoms with van der Waals surface area (Å²) in [4.78, 5) is 14.4. The van der Waals surface area contributed by atoms with Crippen LogP contribution in [0.2, 0.25) is 0 Å². The molecule has 0 aliphatic carbocycles. The molecule has 0 atom stereocenters. The second-order valence-electron chi connectivity index (χ2n) is 6.27. The van der Waals surface area contributed by atoms with E-state index in [1.54, 1.807) is 17.4 Å². The number of hydrogen-bond donors (Lipinski definition) is 1. The Bertz CT molecular complexity index is 668. The lowest BCUT2D eigenvalue weighted by molar-refractivity contribution is 0.102. The number of thiophene rings is 1. The monoisotopic (exact) mass is 370 g/mol. The van der Waals surface area contributed by atoms with Crippen LogP contribution in [0.4, 0.5) is 5.82 Å². The van der Waals surface area contributed by atoms with Gasteiger partial charge in [-0.3, -0.25) is 4.79 Å². The number of nitrogens with zero attached hydrogens (tertiary/aromatic N) is 1. The maximum absolute atomic E-state index is 12.3. The van der Waals surface area contributed by atoms with Gasteiger partial charge in [0.05, 0.1) is 5.56 Å². The lowest BCUT2D eigenvalue weighted by Gasteiger charge is -2.14. The molecule has 0 radical (unpaired) electrons. The van der Waals surface area contributed by atoms with Crippen LogP contribution in [0.1, 0.15) is 46.6 Å². The molecular formula is C15H19BrN2O2S. The lowest BCUT2D eigenvalue weighted by atomic mass is 9.91. The van der Waals surface area contributed by atoms with Gasteiger partial charge in [-0.15, -0.1) is 11.3 Å². The predicted molar refractivity (Wildman–Crippen MR) is 89.1 cm³/mol. The van der Waals surface area contributed by atoms with E-state index in [9.17, 15) is 4.79 Å². The minimum absolute atomic E-state index is 0.116. The number of aromatic nitrogens is 1. The fraction of sp³-hybridized carbons (Fsp3) is 0.467. The van der Waals surface area contributed by atoms with Gasteiger partial charge in [0, 0.05) is 26.7 Å². The Morgan fingerprint density at radius 1 is 1.38 bits per heavy atom. The number of carbonyl (C=O) groups excluding carboxylic acids is 1. The number of halogens is 1. The highest BCUT2D eigenvalue weighted by Gasteiger charge is 2.20. The first kappa shape index (κ1) is 16.2. The molecule has 2 aromatic rings. The smallest absolute Gasteiger partial charge is 0.259 e. The van der Waals surface area contributed by atoms with Crippen LogP contribution in [0.5, 0.6) is 0 Å². The normalized spacial score (nSPS) is 11.7. The standard InChI is InChI=1S/C15H19BrN2O2S/c1-8-12(13(16)9(2)21-8)14(19)17-11-6-10(20-18-11)7-15(3,4)5/h6H,7H2,1-5H3,(H,17,18,19). The summed E-state index contributed by atoms with van der Waals surface area (Å²) in [6.07, 6.45) is 0.774. The van der Waals surface area contributed by atoms with Gasteiger partial charge in [0.25, 0.3) is 5.91 Å². The predicted octanol–water partition coefficient (Wildman–Crippen LogP) is 4.96. The van der Waals surface area contributed by atoms with E-state index in [0.717, 1.165) is 26.4 Å². The van der Waals surface area contributed by atoms with E-state index in [2.05, 4.69) is 47.2 Å². The average Bonchev–Trinajstić information content (AvgIpc) is 2.83. The van der Waals surface area contributed by atoms with Crippen molar-refractivity contribution >= 4 is 39.0 Å². The third kappa shape index (κ3) is 3.95. The summed E-state index contributed by atoms with van der Waals surface area (Å²) >= 11 is 5.06. The van der Waals surface area contributed by atoms with E-state index < -0.39 is 0 Å². The molecule has 0 unspecified atom stereocenters. The first-order valence-electron chi connectivity index (χ1n) is 6.70. The van der Waals surface area contributed by atoms with Crippen molar-refractivity contribution in [2.24, 2.45) is 5.41 Å². The Morgan fingerprint density at radius 3 is 2.57 bits per heavy atom. The number of anilines is 1. The molecule has 0 saturated heterocycles. The molecule has 6 heteroatoms. The molecule has 2 heterocycles. The van der Waals surface area contributed by atoms with Crippen molar-refractivity contribution < 1.29 is 9.32 Å². The number of nitrogens with one attached hydrogen (secondary N) is 1. The summed E-state index contributed by atoms with van der Waals surface area (Å²) in [6.45, 7) is 10.3. The first-order chi connectivity index (χ1) is 9.67. The molecule has 0 bridgehead atoms. The summed E-state index contributed by atoms with van der Waals surface area (Å²) in [5.74, 6) is 1.06. The van der Waals surface area contributed by atoms with E-state index in [1.165, 1.54) is 0 Å². The molecule has 0 aromatic carbocycles. The van der Waals surface area contributed by atoms with Crippen molar-refractivity contribution in [2.75, 3.05) is 5.32 Å². The number of hydrogen-bond acceptors (Lipinski definition) is 4. The Kier molecular flexibility index (Phi) is 4.58. The fourth-order valence-corrected chi connectivity index (χ4v) is 3.87. The van der Waals surface area contributed by atoms with Gasteiger partial charge >= 0.3 is 0 Å². The summed E-state index contributed by atoms with van der Waals surface area (Å²) in [6, 6.07) is 1.78. The molecule has 0 aliphatic heterocycles. The maximum Gasteiger partial charge on any atom is 0.259 e. The molecule has 2 rings (SSSR count). The largest absolute Gasteiger partial charge is 0.359 e. The number of carbonyl (C=O) groups is 1. The Morgan fingerprint density at radius 2 is 2.05 bits per heavy atom. The van der Waals surface area contributed by atoms with Gasteiger partial charge in [-0.1, -0.05) is 25.9 Å². The highest BCUT2D eigenvalue weighted by atomic mass is 79.9. The van der Waals surface area contributed by atoms with Gasteiger partial charge in [0.2, 0.25) is 0 Å². The van der Waals surface area contributed by atoms with Crippen molar-refractivity contribution in [3.63, 3.8) is 0 Å². The molecule has 2 aromatic heterocycles. The van der Waals surface area contributed by atoms with Crippen LogP contribution in [0.3, 0.4) is 0 Å². The van der Waals surface area contributed by atoms with Gasteiger partial charge < -0.3 is 9.84 Å². The molecule has 0 aliphatic rings. The van der Waals surface area contributed by atoms with Gasteiger partial charge in [-0.2, -0.15) is 0 Å². The van der Waals surface area contributed by atoms with Crippen LogP contribution in [-0.4, -0.2) is 11.1 Å². The molecule has 21 heavy (non-hydrogen) atoms. The highest BCUT2D eigenvalue weighted by molar-refractivity contribution is 9.10. The van der Waals surface area contributed by atoms with Crippen molar-refractivity contribution in [1.82, 2.24) is 5.16 Å². The molecular weight excluding hydrogens is 352 g/mol. The molecule has 114 valence electrons. The Labute approximate surface area is 137 Å².